The van der Waals surface area contributed by atoms with Crippen molar-refractivity contribution in [2.75, 3.05) is 6.61 Å². The fourth-order valence-electron chi connectivity index (χ4n) is 1.56. The van der Waals surface area contributed by atoms with E-state index in [1.807, 2.05) is 0 Å². The molecule has 1 heterocycles. The Kier molecular flexibility index (Phi) is 4.80. The van der Waals surface area contributed by atoms with Gasteiger partial charge in [-0.1, -0.05) is 0 Å². The third-order valence-corrected chi connectivity index (χ3v) is 2.68. The number of rotatable bonds is 4. The van der Waals surface area contributed by atoms with Gasteiger partial charge < -0.3 is 30.3 Å². The molecular formula is C9H17NO7. The van der Waals surface area contributed by atoms with Gasteiger partial charge >= 0.3 is 5.97 Å². The number of carboxylic acids is 1. The van der Waals surface area contributed by atoms with Gasteiger partial charge in [0.25, 0.3) is 0 Å². The lowest BCUT2D eigenvalue weighted by Gasteiger charge is -2.40. The minimum Gasteiger partial charge on any atom is -0.480 e. The zero-order valence-electron chi connectivity index (χ0n) is 9.22. The number of ether oxygens (including phenoxy) is 1. The largest absolute Gasteiger partial charge is 0.480 e. The Labute approximate surface area is 97.4 Å². The molecule has 8 nitrogen and oxygen atoms in total. The Hall–Kier alpha value is -0.770. The lowest BCUT2D eigenvalue weighted by atomic mass is 9.98. The molecule has 0 aromatic heterocycles. The number of nitrogens with one attached hydrogen (secondary N) is 1. The zero-order valence-corrected chi connectivity index (χ0v) is 9.22. The summed E-state index contributed by atoms with van der Waals surface area (Å²) in [5.74, 6) is -1.15. The topological polar surface area (TPSA) is 139 Å². The Morgan fingerprint density at radius 1 is 1.29 bits per heavy atom. The average Bonchev–Trinajstić information content (AvgIpc) is 2.29. The first-order chi connectivity index (χ1) is 7.88. The van der Waals surface area contributed by atoms with E-state index in [1.165, 1.54) is 6.92 Å². The van der Waals surface area contributed by atoms with Crippen LogP contribution in [0.5, 0.6) is 0 Å². The van der Waals surface area contributed by atoms with Crippen molar-refractivity contribution in [1.29, 1.82) is 0 Å². The Morgan fingerprint density at radius 3 is 2.35 bits per heavy atom. The number of carboxylic acid groups (broad SMARTS) is 1. The highest BCUT2D eigenvalue weighted by Gasteiger charge is 2.43. The molecule has 0 aromatic rings. The standard InChI is InChI=1S/C9H17NO7/c1-3(9(15)16)10-8-7(14)6(13)5(12)4(2-11)17-8/h3-8,10-14H,2H2,1H3,(H,15,16)/t3-,4+,5-,6-,7+,8?/m0/s1. The third kappa shape index (κ3) is 3.12. The molecule has 0 bridgehead atoms. The number of carbonyl (C=O) groups is 1. The monoisotopic (exact) mass is 251 g/mol. The Bertz CT molecular complexity index is 272. The van der Waals surface area contributed by atoms with Crippen molar-refractivity contribution in [3.63, 3.8) is 0 Å². The van der Waals surface area contributed by atoms with E-state index in [0.717, 1.165) is 0 Å². The van der Waals surface area contributed by atoms with Gasteiger partial charge in [0.15, 0.2) is 0 Å². The van der Waals surface area contributed by atoms with Crippen LogP contribution in [0.25, 0.3) is 0 Å². The van der Waals surface area contributed by atoms with E-state index in [0.29, 0.717) is 0 Å². The molecule has 0 aliphatic carbocycles. The van der Waals surface area contributed by atoms with E-state index in [4.69, 9.17) is 14.9 Å². The summed E-state index contributed by atoms with van der Waals surface area (Å²) in [6.07, 6.45) is -6.66. The third-order valence-electron chi connectivity index (χ3n) is 2.68. The van der Waals surface area contributed by atoms with Crippen LogP contribution in [0.4, 0.5) is 0 Å². The van der Waals surface area contributed by atoms with Gasteiger partial charge in [-0.25, -0.2) is 0 Å². The van der Waals surface area contributed by atoms with Gasteiger partial charge in [0, 0.05) is 0 Å². The number of aliphatic hydroxyl groups excluding tert-OH is 4. The summed E-state index contributed by atoms with van der Waals surface area (Å²) in [5.41, 5.74) is 0. The van der Waals surface area contributed by atoms with E-state index < -0.39 is 49.3 Å². The summed E-state index contributed by atoms with van der Waals surface area (Å²) in [6.45, 7) is 0.786. The Balaban J connectivity index is 2.68. The fraction of sp³-hybridized carbons (Fsp3) is 0.889. The number of hydrogen-bond donors (Lipinski definition) is 6. The van der Waals surface area contributed by atoms with Crippen molar-refractivity contribution in [2.45, 2.75) is 43.6 Å². The molecule has 1 aliphatic heterocycles. The second-order valence-corrected chi connectivity index (χ2v) is 3.98. The second kappa shape index (κ2) is 5.71. The molecule has 1 rings (SSSR count). The average molecular weight is 251 g/mol. The van der Waals surface area contributed by atoms with E-state index in [2.05, 4.69) is 5.32 Å². The molecule has 6 atom stereocenters. The first kappa shape index (κ1) is 14.3. The highest BCUT2D eigenvalue weighted by Crippen LogP contribution is 2.19. The van der Waals surface area contributed by atoms with Crippen LogP contribution in [-0.2, 0) is 9.53 Å². The first-order valence-electron chi connectivity index (χ1n) is 5.17. The molecule has 0 spiro atoms. The second-order valence-electron chi connectivity index (χ2n) is 3.98. The number of hydrogen-bond acceptors (Lipinski definition) is 7. The predicted octanol–water partition coefficient (Wildman–Crippen LogP) is -3.15. The molecule has 17 heavy (non-hydrogen) atoms. The maximum atomic E-state index is 10.6. The highest BCUT2D eigenvalue weighted by molar-refractivity contribution is 5.72. The van der Waals surface area contributed by atoms with Gasteiger partial charge in [-0.05, 0) is 6.92 Å². The minimum absolute atomic E-state index is 0.551. The van der Waals surface area contributed by atoms with Crippen LogP contribution in [0.1, 0.15) is 6.92 Å². The van der Waals surface area contributed by atoms with Crippen molar-refractivity contribution in [3.8, 4) is 0 Å². The van der Waals surface area contributed by atoms with Crippen molar-refractivity contribution in [3.05, 3.63) is 0 Å². The fourth-order valence-corrected chi connectivity index (χ4v) is 1.56. The van der Waals surface area contributed by atoms with E-state index in [9.17, 15) is 20.1 Å². The summed E-state index contributed by atoms with van der Waals surface area (Å²) in [6, 6.07) is -1.00. The van der Waals surface area contributed by atoms with Crippen LogP contribution in [0, 0.1) is 0 Å². The highest BCUT2D eigenvalue weighted by atomic mass is 16.6. The number of aliphatic hydroxyl groups is 4. The molecule has 0 amide bonds. The Morgan fingerprint density at radius 2 is 1.88 bits per heavy atom. The van der Waals surface area contributed by atoms with Gasteiger partial charge in [0.1, 0.15) is 36.7 Å². The van der Waals surface area contributed by atoms with Crippen LogP contribution in [0.2, 0.25) is 0 Å². The van der Waals surface area contributed by atoms with E-state index >= 15 is 0 Å². The molecule has 1 aliphatic rings. The molecular weight excluding hydrogens is 234 g/mol. The molecule has 0 radical (unpaired) electrons. The van der Waals surface area contributed by atoms with Crippen LogP contribution in [-0.4, -0.2) is 74.8 Å². The van der Waals surface area contributed by atoms with Crippen molar-refractivity contribution in [1.82, 2.24) is 5.32 Å². The first-order valence-corrected chi connectivity index (χ1v) is 5.17. The smallest absolute Gasteiger partial charge is 0.320 e. The summed E-state index contributed by atoms with van der Waals surface area (Å²) in [5, 5.41) is 48.5. The molecule has 8 heteroatoms. The molecule has 1 saturated heterocycles. The van der Waals surface area contributed by atoms with E-state index in [1.54, 1.807) is 0 Å². The SMILES string of the molecule is C[C@H](NC1O[C@H](CO)[C@H](O)[C@H](O)[C@H]1O)C(=O)O. The molecule has 0 aromatic carbocycles. The van der Waals surface area contributed by atoms with Crippen molar-refractivity contribution < 1.29 is 35.1 Å². The maximum Gasteiger partial charge on any atom is 0.320 e. The molecule has 1 unspecified atom stereocenters. The van der Waals surface area contributed by atoms with Gasteiger partial charge in [0.05, 0.1) is 6.61 Å². The van der Waals surface area contributed by atoms with Gasteiger partial charge in [-0.15, -0.1) is 0 Å². The molecule has 6 N–H and O–H groups in total. The molecule has 0 saturated carbocycles. The summed E-state index contributed by atoms with van der Waals surface area (Å²) < 4.78 is 5.07. The lowest BCUT2D eigenvalue weighted by Crippen LogP contribution is -2.64. The van der Waals surface area contributed by atoms with Crippen LogP contribution in [0.3, 0.4) is 0 Å². The maximum absolute atomic E-state index is 10.6. The molecule has 100 valence electrons. The van der Waals surface area contributed by atoms with Gasteiger partial charge in [-0.2, -0.15) is 0 Å². The molecule has 1 fully saturated rings. The van der Waals surface area contributed by atoms with Gasteiger partial charge in [-0.3, -0.25) is 10.1 Å². The zero-order chi connectivity index (χ0) is 13.2. The van der Waals surface area contributed by atoms with Crippen LogP contribution < -0.4 is 5.32 Å². The predicted molar refractivity (Wildman–Crippen MR) is 54.0 cm³/mol. The number of aliphatic carboxylic acids is 1. The summed E-state index contributed by atoms with van der Waals surface area (Å²) in [4.78, 5) is 10.6. The lowest BCUT2D eigenvalue weighted by molar-refractivity contribution is -0.238. The van der Waals surface area contributed by atoms with Crippen molar-refractivity contribution >= 4 is 5.97 Å². The van der Waals surface area contributed by atoms with E-state index in [-0.39, 0.29) is 0 Å². The quantitative estimate of drug-likeness (QED) is 0.308. The summed E-state index contributed by atoms with van der Waals surface area (Å²) in [7, 11) is 0. The normalized spacial score (nSPS) is 39.9. The van der Waals surface area contributed by atoms with Crippen LogP contribution in [0.15, 0.2) is 0 Å². The van der Waals surface area contributed by atoms with Crippen LogP contribution >= 0.6 is 0 Å². The minimum atomic E-state index is -1.51. The van der Waals surface area contributed by atoms with Crippen molar-refractivity contribution in [2.24, 2.45) is 0 Å². The van der Waals surface area contributed by atoms with Gasteiger partial charge in [0.2, 0.25) is 0 Å². The summed E-state index contributed by atoms with van der Waals surface area (Å²) >= 11 is 0.